The second kappa shape index (κ2) is 7.12. The number of benzene rings is 2. The molecule has 1 atom stereocenters. The number of aliphatic hydroxyl groups is 1. The van der Waals surface area contributed by atoms with Crippen LogP contribution in [0.3, 0.4) is 0 Å². The summed E-state index contributed by atoms with van der Waals surface area (Å²) in [5, 5.41) is 14.3. The van der Waals surface area contributed by atoms with Crippen LogP contribution in [0, 0.1) is 0 Å². The van der Waals surface area contributed by atoms with Gasteiger partial charge in [0.2, 0.25) is 0 Å². The number of amides is 1. The molecule has 2 heterocycles. The molecule has 0 saturated carbocycles. The van der Waals surface area contributed by atoms with E-state index in [1.807, 2.05) is 50.2 Å². The van der Waals surface area contributed by atoms with Crippen molar-refractivity contribution in [2.75, 3.05) is 13.2 Å². The van der Waals surface area contributed by atoms with Gasteiger partial charge in [0, 0.05) is 17.4 Å². The number of hydrogen-bond donors (Lipinski definition) is 2. The molecule has 2 N–H and O–H groups in total. The van der Waals surface area contributed by atoms with Crippen LogP contribution in [0.25, 0.3) is 11.0 Å². The first-order chi connectivity index (χ1) is 13.7. The van der Waals surface area contributed by atoms with Crippen LogP contribution in [0.5, 0.6) is 11.5 Å². The lowest BCUT2D eigenvalue weighted by molar-refractivity contribution is -0.124. The molecule has 0 fully saturated rings. The van der Waals surface area contributed by atoms with E-state index in [4.69, 9.17) is 13.9 Å². The largest absolute Gasteiger partial charge is 0.483 e. The van der Waals surface area contributed by atoms with Crippen LogP contribution >= 0.6 is 0 Å². The van der Waals surface area contributed by atoms with E-state index in [2.05, 4.69) is 5.32 Å². The molecule has 3 aromatic rings. The number of para-hydroxylation sites is 2. The molecule has 152 valence electrons. The highest BCUT2D eigenvalue weighted by molar-refractivity contribution is 5.79. The lowest BCUT2D eigenvalue weighted by Crippen LogP contribution is -2.40. The SMILES string of the molecule is CC1(C)Cc2cccc(OCC(=O)NCC(C)(O)c3cc4ccccc4o3)c2O1. The van der Waals surface area contributed by atoms with Crippen molar-refractivity contribution in [3.05, 3.63) is 59.9 Å². The third-order valence-electron chi connectivity index (χ3n) is 5.00. The van der Waals surface area contributed by atoms with Gasteiger partial charge in [0.15, 0.2) is 18.1 Å². The Hall–Kier alpha value is -2.99. The van der Waals surface area contributed by atoms with Gasteiger partial charge in [-0.2, -0.15) is 0 Å². The summed E-state index contributed by atoms with van der Waals surface area (Å²) >= 11 is 0. The van der Waals surface area contributed by atoms with Crippen LogP contribution in [0.15, 0.2) is 52.9 Å². The molecule has 1 unspecified atom stereocenters. The number of rotatable bonds is 6. The normalized spacial score (nSPS) is 16.7. The van der Waals surface area contributed by atoms with Gasteiger partial charge in [-0.1, -0.05) is 30.3 Å². The number of fused-ring (bicyclic) bond motifs is 2. The Morgan fingerprint density at radius 2 is 2.03 bits per heavy atom. The van der Waals surface area contributed by atoms with E-state index in [-0.39, 0.29) is 24.7 Å². The van der Waals surface area contributed by atoms with Crippen LogP contribution < -0.4 is 14.8 Å². The summed E-state index contributed by atoms with van der Waals surface area (Å²) in [4.78, 5) is 12.3. The van der Waals surface area contributed by atoms with Crippen LogP contribution in [0.1, 0.15) is 32.1 Å². The minimum Gasteiger partial charge on any atom is -0.483 e. The summed E-state index contributed by atoms with van der Waals surface area (Å²) in [5.41, 5.74) is 0.143. The number of furan rings is 1. The Labute approximate surface area is 169 Å². The molecule has 0 spiro atoms. The molecule has 0 aliphatic carbocycles. The van der Waals surface area contributed by atoms with Gasteiger partial charge in [-0.25, -0.2) is 0 Å². The first-order valence-electron chi connectivity index (χ1n) is 9.65. The molecular formula is C23H25NO5. The quantitative estimate of drug-likeness (QED) is 0.667. The third kappa shape index (κ3) is 4.07. The highest BCUT2D eigenvalue weighted by Crippen LogP contribution is 2.41. The number of hydrogen-bond acceptors (Lipinski definition) is 5. The summed E-state index contributed by atoms with van der Waals surface area (Å²) in [7, 11) is 0. The maximum Gasteiger partial charge on any atom is 0.258 e. The van der Waals surface area contributed by atoms with Gasteiger partial charge in [0.1, 0.15) is 22.5 Å². The molecular weight excluding hydrogens is 370 g/mol. The zero-order chi connectivity index (χ0) is 20.6. The van der Waals surface area contributed by atoms with Gasteiger partial charge in [0.05, 0.1) is 6.54 Å². The van der Waals surface area contributed by atoms with Crippen molar-refractivity contribution >= 4 is 16.9 Å². The fourth-order valence-corrected chi connectivity index (χ4v) is 3.50. The predicted molar refractivity (Wildman–Crippen MR) is 109 cm³/mol. The lowest BCUT2D eigenvalue weighted by atomic mass is 10.0. The van der Waals surface area contributed by atoms with Crippen LogP contribution in [-0.2, 0) is 16.8 Å². The molecule has 6 heteroatoms. The smallest absolute Gasteiger partial charge is 0.258 e. The van der Waals surface area contributed by atoms with Crippen molar-refractivity contribution in [3.63, 3.8) is 0 Å². The molecule has 1 aliphatic rings. The fourth-order valence-electron chi connectivity index (χ4n) is 3.50. The molecule has 6 nitrogen and oxygen atoms in total. The second-order valence-corrected chi connectivity index (χ2v) is 8.27. The van der Waals surface area contributed by atoms with Crippen molar-refractivity contribution < 1.29 is 23.8 Å². The molecule has 29 heavy (non-hydrogen) atoms. The first kappa shape index (κ1) is 19.3. The standard InChI is InChI=1S/C23H25NO5/c1-22(2)12-16-8-6-10-18(21(16)29-22)27-13-20(25)24-14-23(3,26)19-11-15-7-4-5-9-17(15)28-19/h4-11,26H,12-14H2,1-3H3,(H,24,25). The Bertz CT molecular complexity index is 1020. The van der Waals surface area contributed by atoms with E-state index >= 15 is 0 Å². The molecule has 1 aromatic heterocycles. The summed E-state index contributed by atoms with van der Waals surface area (Å²) in [6, 6.07) is 15.0. The minimum atomic E-state index is -1.34. The van der Waals surface area contributed by atoms with Gasteiger partial charge in [-0.15, -0.1) is 0 Å². The predicted octanol–water partition coefficient (Wildman–Crippen LogP) is 3.55. The minimum absolute atomic E-state index is 0.00540. The van der Waals surface area contributed by atoms with E-state index in [1.54, 1.807) is 19.1 Å². The highest BCUT2D eigenvalue weighted by Gasteiger charge is 2.32. The van der Waals surface area contributed by atoms with Gasteiger partial charge in [-0.05, 0) is 39.0 Å². The molecule has 1 amide bonds. The summed E-state index contributed by atoms with van der Waals surface area (Å²) in [5.74, 6) is 1.31. The zero-order valence-corrected chi connectivity index (χ0v) is 16.8. The van der Waals surface area contributed by atoms with Crippen LogP contribution in [0.4, 0.5) is 0 Å². The number of carbonyl (C=O) groups excluding carboxylic acids is 1. The van der Waals surface area contributed by atoms with Crippen LogP contribution in [-0.4, -0.2) is 29.8 Å². The van der Waals surface area contributed by atoms with Crippen molar-refractivity contribution in [2.24, 2.45) is 0 Å². The van der Waals surface area contributed by atoms with Crippen molar-refractivity contribution in [3.8, 4) is 11.5 Å². The second-order valence-electron chi connectivity index (χ2n) is 8.27. The topological polar surface area (TPSA) is 80.9 Å². The van der Waals surface area contributed by atoms with Crippen LogP contribution in [0.2, 0.25) is 0 Å². The Balaban J connectivity index is 1.35. The Morgan fingerprint density at radius 1 is 1.24 bits per heavy atom. The number of carbonyl (C=O) groups is 1. The molecule has 0 radical (unpaired) electrons. The van der Waals surface area contributed by atoms with E-state index in [0.29, 0.717) is 22.8 Å². The molecule has 1 aliphatic heterocycles. The maximum atomic E-state index is 12.3. The summed E-state index contributed by atoms with van der Waals surface area (Å²) in [6.45, 7) is 5.47. The van der Waals surface area contributed by atoms with Gasteiger partial charge in [0.25, 0.3) is 5.91 Å². The van der Waals surface area contributed by atoms with E-state index in [9.17, 15) is 9.90 Å². The number of ether oxygens (including phenoxy) is 2. The van der Waals surface area contributed by atoms with Crippen molar-refractivity contribution in [1.82, 2.24) is 5.32 Å². The third-order valence-corrected chi connectivity index (χ3v) is 5.00. The fraction of sp³-hybridized carbons (Fsp3) is 0.348. The summed E-state index contributed by atoms with van der Waals surface area (Å²) in [6.07, 6.45) is 0.798. The maximum absolute atomic E-state index is 12.3. The van der Waals surface area contributed by atoms with E-state index < -0.39 is 5.60 Å². The Morgan fingerprint density at radius 3 is 2.83 bits per heavy atom. The van der Waals surface area contributed by atoms with Gasteiger partial charge >= 0.3 is 0 Å². The average Bonchev–Trinajstić information content (AvgIpc) is 3.24. The van der Waals surface area contributed by atoms with E-state index in [0.717, 1.165) is 17.4 Å². The van der Waals surface area contributed by atoms with E-state index in [1.165, 1.54) is 0 Å². The molecule has 0 saturated heterocycles. The van der Waals surface area contributed by atoms with Crippen molar-refractivity contribution in [2.45, 2.75) is 38.4 Å². The zero-order valence-electron chi connectivity index (χ0n) is 16.8. The van der Waals surface area contributed by atoms with Gasteiger partial charge in [-0.3, -0.25) is 4.79 Å². The monoisotopic (exact) mass is 395 g/mol. The molecule has 2 aromatic carbocycles. The molecule has 0 bridgehead atoms. The molecule has 4 rings (SSSR count). The van der Waals surface area contributed by atoms with Gasteiger partial charge < -0.3 is 24.3 Å². The number of nitrogens with one attached hydrogen (secondary N) is 1. The van der Waals surface area contributed by atoms with Crippen molar-refractivity contribution in [1.29, 1.82) is 0 Å². The highest BCUT2D eigenvalue weighted by atomic mass is 16.5. The Kier molecular flexibility index (Phi) is 4.74. The first-order valence-corrected chi connectivity index (χ1v) is 9.65. The summed E-state index contributed by atoms with van der Waals surface area (Å²) < 4.78 is 17.3. The lowest BCUT2D eigenvalue weighted by Gasteiger charge is -2.21. The average molecular weight is 395 g/mol.